The molecule has 0 radical (unpaired) electrons. The van der Waals surface area contributed by atoms with Crippen molar-refractivity contribution >= 4 is 5.91 Å². The first-order valence-electron chi connectivity index (χ1n) is 5.83. The summed E-state index contributed by atoms with van der Waals surface area (Å²) in [5, 5.41) is 7.97. The molecule has 3 rings (SSSR count). The second-order valence-electron chi connectivity index (χ2n) is 4.09. The van der Waals surface area contributed by atoms with E-state index in [1.165, 1.54) is 11.6 Å². The summed E-state index contributed by atoms with van der Waals surface area (Å²) in [4.78, 5) is 11.4. The Labute approximate surface area is 109 Å². The molecule has 0 unspecified atom stereocenters. The zero-order valence-corrected chi connectivity index (χ0v) is 10.3. The van der Waals surface area contributed by atoms with Crippen LogP contribution < -0.4 is 0 Å². The van der Waals surface area contributed by atoms with Crippen LogP contribution in [0.2, 0.25) is 0 Å². The molecular weight excluding hydrogens is 242 g/mol. The maximum Gasteiger partial charge on any atom is 0.244 e. The minimum absolute atomic E-state index is 0.169. The number of aromatic nitrogens is 3. The Morgan fingerprint density at radius 1 is 1.21 bits per heavy atom. The van der Waals surface area contributed by atoms with Gasteiger partial charge in [-0.05, 0) is 6.07 Å². The Kier molecular flexibility index (Phi) is 2.72. The van der Waals surface area contributed by atoms with Crippen LogP contribution in [0.3, 0.4) is 0 Å². The zero-order chi connectivity index (χ0) is 13.2. The van der Waals surface area contributed by atoms with Crippen LogP contribution in [0.25, 0.3) is 22.7 Å². The van der Waals surface area contributed by atoms with Crippen molar-refractivity contribution in [3.8, 4) is 22.7 Å². The third-order valence-electron chi connectivity index (χ3n) is 2.77. The molecule has 3 aromatic rings. The smallest absolute Gasteiger partial charge is 0.244 e. The van der Waals surface area contributed by atoms with Crippen molar-refractivity contribution in [3.63, 3.8) is 0 Å². The van der Waals surface area contributed by atoms with E-state index in [0.29, 0.717) is 11.5 Å². The van der Waals surface area contributed by atoms with E-state index < -0.39 is 0 Å². The highest BCUT2D eigenvalue weighted by molar-refractivity contribution is 5.80. The molecule has 5 nitrogen and oxygen atoms in total. The van der Waals surface area contributed by atoms with E-state index in [4.69, 9.17) is 4.52 Å². The molecule has 2 heterocycles. The molecule has 94 valence electrons. The summed E-state index contributed by atoms with van der Waals surface area (Å²) in [6.45, 7) is 1.45. The van der Waals surface area contributed by atoms with Gasteiger partial charge in [0.05, 0.1) is 6.20 Å². The number of carbonyl (C=O) groups is 1. The number of benzene rings is 1. The molecule has 0 aliphatic heterocycles. The van der Waals surface area contributed by atoms with Gasteiger partial charge in [0.1, 0.15) is 11.4 Å². The molecule has 0 saturated heterocycles. The van der Waals surface area contributed by atoms with E-state index in [9.17, 15) is 4.79 Å². The topological polar surface area (TPSA) is 60.9 Å². The predicted octanol–water partition coefficient (Wildman–Crippen LogP) is 2.87. The highest BCUT2D eigenvalue weighted by atomic mass is 16.5. The van der Waals surface area contributed by atoms with Crippen LogP contribution in [0.15, 0.2) is 53.2 Å². The number of nitrogens with zero attached hydrogens (tertiary/aromatic N) is 3. The third kappa shape index (κ3) is 2.06. The lowest BCUT2D eigenvalue weighted by molar-refractivity contribution is 0.0922. The molecule has 0 amide bonds. The molecule has 0 atom stereocenters. The second-order valence-corrected chi connectivity index (χ2v) is 4.09. The monoisotopic (exact) mass is 253 g/mol. The third-order valence-corrected chi connectivity index (χ3v) is 2.77. The molecule has 19 heavy (non-hydrogen) atoms. The molecule has 0 bridgehead atoms. The summed E-state index contributed by atoms with van der Waals surface area (Å²) < 4.78 is 6.58. The molecular formula is C14H11N3O2. The van der Waals surface area contributed by atoms with Crippen LogP contribution >= 0.6 is 0 Å². The van der Waals surface area contributed by atoms with Crippen molar-refractivity contribution in [2.24, 2.45) is 0 Å². The van der Waals surface area contributed by atoms with Crippen molar-refractivity contribution in [3.05, 3.63) is 48.7 Å². The predicted molar refractivity (Wildman–Crippen MR) is 69.5 cm³/mol. The first-order valence-corrected chi connectivity index (χ1v) is 5.83. The van der Waals surface area contributed by atoms with Gasteiger partial charge in [-0.1, -0.05) is 35.5 Å². The Balaban J connectivity index is 2.02. The fourth-order valence-electron chi connectivity index (χ4n) is 1.88. The summed E-state index contributed by atoms with van der Waals surface area (Å²) in [6.07, 6.45) is 1.56. The molecule has 0 fully saturated rings. The van der Waals surface area contributed by atoms with Gasteiger partial charge in [-0.15, -0.1) is 0 Å². The van der Waals surface area contributed by atoms with E-state index in [1.54, 1.807) is 18.3 Å². The molecule has 5 heteroatoms. The van der Waals surface area contributed by atoms with E-state index in [0.717, 1.165) is 11.3 Å². The van der Waals surface area contributed by atoms with Crippen molar-refractivity contribution in [1.82, 2.24) is 14.9 Å². The van der Waals surface area contributed by atoms with Gasteiger partial charge < -0.3 is 4.52 Å². The number of hydrogen-bond donors (Lipinski definition) is 0. The van der Waals surface area contributed by atoms with E-state index in [-0.39, 0.29) is 5.91 Å². The molecule has 0 saturated carbocycles. The minimum atomic E-state index is -0.169. The Morgan fingerprint density at radius 3 is 2.74 bits per heavy atom. The lowest BCUT2D eigenvalue weighted by Crippen LogP contribution is -2.08. The van der Waals surface area contributed by atoms with Crippen LogP contribution in [-0.4, -0.2) is 20.8 Å². The average Bonchev–Trinajstić information content (AvgIpc) is 3.08. The Hall–Kier alpha value is -2.69. The van der Waals surface area contributed by atoms with Gasteiger partial charge in [0.15, 0.2) is 5.76 Å². The average molecular weight is 253 g/mol. The molecule has 0 N–H and O–H groups in total. The summed E-state index contributed by atoms with van der Waals surface area (Å²) in [5.41, 5.74) is 2.29. The highest BCUT2D eigenvalue weighted by Crippen LogP contribution is 2.25. The quantitative estimate of drug-likeness (QED) is 0.704. The maximum absolute atomic E-state index is 11.4. The summed E-state index contributed by atoms with van der Waals surface area (Å²) in [7, 11) is 0. The van der Waals surface area contributed by atoms with Crippen molar-refractivity contribution in [2.45, 2.75) is 6.92 Å². The van der Waals surface area contributed by atoms with E-state index >= 15 is 0 Å². The first-order chi connectivity index (χ1) is 9.25. The fourth-order valence-corrected chi connectivity index (χ4v) is 1.88. The highest BCUT2D eigenvalue weighted by Gasteiger charge is 2.14. The van der Waals surface area contributed by atoms with Crippen LogP contribution in [0.5, 0.6) is 0 Å². The molecule has 1 aromatic carbocycles. The van der Waals surface area contributed by atoms with Crippen molar-refractivity contribution in [2.75, 3.05) is 0 Å². The first kappa shape index (κ1) is 11.4. The maximum atomic E-state index is 11.4. The van der Waals surface area contributed by atoms with Gasteiger partial charge in [-0.3, -0.25) is 4.79 Å². The Bertz CT molecular complexity index is 713. The summed E-state index contributed by atoms with van der Waals surface area (Å²) in [5.74, 6) is 0.351. The lowest BCUT2D eigenvalue weighted by Gasteiger charge is -1.97. The SMILES string of the molecule is CC(=O)n1nccc1-c1cc(-c2ccccc2)no1. The van der Waals surface area contributed by atoms with Crippen molar-refractivity contribution < 1.29 is 9.32 Å². The number of carbonyl (C=O) groups excluding carboxylic acids is 1. The van der Waals surface area contributed by atoms with Crippen LogP contribution in [0.4, 0.5) is 0 Å². The van der Waals surface area contributed by atoms with Gasteiger partial charge in [0, 0.05) is 18.6 Å². The van der Waals surface area contributed by atoms with Gasteiger partial charge in [0.2, 0.25) is 5.91 Å². The number of rotatable bonds is 2. The van der Waals surface area contributed by atoms with Gasteiger partial charge in [-0.25, -0.2) is 0 Å². The Morgan fingerprint density at radius 2 is 2.00 bits per heavy atom. The molecule has 2 aromatic heterocycles. The minimum Gasteiger partial charge on any atom is -0.354 e. The van der Waals surface area contributed by atoms with Crippen LogP contribution in [-0.2, 0) is 0 Å². The van der Waals surface area contributed by atoms with Crippen molar-refractivity contribution in [1.29, 1.82) is 0 Å². The van der Waals surface area contributed by atoms with Crippen LogP contribution in [0, 0.1) is 0 Å². The lowest BCUT2D eigenvalue weighted by atomic mass is 10.1. The van der Waals surface area contributed by atoms with Gasteiger partial charge >= 0.3 is 0 Å². The second kappa shape index (κ2) is 4.53. The molecule has 0 spiro atoms. The molecule has 0 aliphatic rings. The van der Waals surface area contributed by atoms with Gasteiger partial charge in [-0.2, -0.15) is 9.78 Å². The number of hydrogen-bond acceptors (Lipinski definition) is 4. The normalized spacial score (nSPS) is 10.6. The molecule has 0 aliphatic carbocycles. The van der Waals surface area contributed by atoms with Gasteiger partial charge in [0.25, 0.3) is 0 Å². The van der Waals surface area contributed by atoms with E-state index in [1.807, 2.05) is 30.3 Å². The standard InChI is InChI=1S/C14H11N3O2/c1-10(18)17-13(7-8-15-17)14-9-12(16-19-14)11-5-3-2-4-6-11/h2-9H,1H3. The fraction of sp³-hybridized carbons (Fsp3) is 0.0714. The summed E-state index contributed by atoms with van der Waals surface area (Å²) in [6, 6.07) is 13.2. The zero-order valence-electron chi connectivity index (χ0n) is 10.3. The largest absolute Gasteiger partial charge is 0.354 e. The summed E-state index contributed by atoms with van der Waals surface area (Å²) >= 11 is 0. The van der Waals surface area contributed by atoms with Crippen LogP contribution in [0.1, 0.15) is 11.7 Å². The van der Waals surface area contributed by atoms with E-state index in [2.05, 4.69) is 10.3 Å².